The normalized spacial score (nSPS) is 18.3. The lowest BCUT2D eigenvalue weighted by Crippen LogP contribution is -2.40. The van der Waals surface area contributed by atoms with Gasteiger partial charge in [0.05, 0.1) is 6.07 Å². The number of benzene rings is 2. The van der Waals surface area contributed by atoms with E-state index in [0.717, 1.165) is 36.3 Å². The first-order valence-electron chi connectivity index (χ1n) is 19.1. The van der Waals surface area contributed by atoms with Crippen LogP contribution in [-0.2, 0) is 18.9 Å². The predicted molar refractivity (Wildman–Crippen MR) is 214 cm³/mol. The van der Waals surface area contributed by atoms with Crippen LogP contribution in [0.4, 0.5) is 48.9 Å². The number of rotatable bonds is 5. The number of methoxy groups -OCH3 is 1. The van der Waals surface area contributed by atoms with Crippen molar-refractivity contribution in [3.8, 4) is 11.8 Å². The van der Waals surface area contributed by atoms with Gasteiger partial charge in [0, 0.05) is 68.5 Å². The van der Waals surface area contributed by atoms with E-state index in [1.54, 1.807) is 41.5 Å². The van der Waals surface area contributed by atoms with Crippen LogP contribution in [-0.4, -0.2) is 94.5 Å². The third kappa shape index (κ3) is 20.3. The molecule has 2 heterocycles. The van der Waals surface area contributed by atoms with E-state index in [9.17, 15) is 54.1 Å². The van der Waals surface area contributed by atoms with Crippen molar-refractivity contribution in [1.82, 2.24) is 9.80 Å². The van der Waals surface area contributed by atoms with Gasteiger partial charge >= 0.3 is 19.7 Å². The van der Waals surface area contributed by atoms with Crippen LogP contribution >= 0.6 is 0 Å². The Balaban J connectivity index is 0.000000887. The molecule has 2 fully saturated rings. The number of nitrogens with zero attached hydrogens (tertiary/aromatic N) is 4. The van der Waals surface area contributed by atoms with Crippen LogP contribution in [0.5, 0.6) is 0 Å². The molecular formula is C40H56BF9N4O6Si. The smallest absolute Gasteiger partial charge is 0.444 e. The first kappa shape index (κ1) is 56.5. The predicted octanol–water partition coefficient (Wildman–Crippen LogP) is 10.8. The molecule has 0 N–H and O–H groups in total. The van der Waals surface area contributed by atoms with Gasteiger partial charge in [-0.25, -0.2) is 41.2 Å². The van der Waals surface area contributed by atoms with E-state index >= 15 is 0 Å². The second-order valence-corrected chi connectivity index (χ2v) is 21.1. The average molecular weight is 899 g/mol. The van der Waals surface area contributed by atoms with Crippen LogP contribution in [0.15, 0.2) is 24.3 Å². The number of likely N-dealkylation sites (tertiary alicyclic amines) is 2. The van der Waals surface area contributed by atoms with Gasteiger partial charge in [0.1, 0.15) is 35.1 Å². The molecule has 0 radical (unpaired) electrons. The molecule has 4 atom stereocenters. The molecule has 2 aliphatic rings. The van der Waals surface area contributed by atoms with Crippen molar-refractivity contribution >= 4 is 27.8 Å². The highest BCUT2D eigenvalue weighted by molar-refractivity contribution is 6.83. The molecule has 0 spiro atoms. The van der Waals surface area contributed by atoms with E-state index in [1.165, 1.54) is 12.0 Å². The highest BCUT2D eigenvalue weighted by atomic mass is 28.3. The summed E-state index contributed by atoms with van der Waals surface area (Å²) in [6.45, 7) is 21.8. The van der Waals surface area contributed by atoms with Crippen molar-refractivity contribution in [3.05, 3.63) is 70.3 Å². The van der Waals surface area contributed by atoms with Crippen molar-refractivity contribution in [2.45, 2.75) is 123 Å². The first-order valence-corrected chi connectivity index (χ1v) is 22.6. The molecule has 2 unspecified atom stereocenters. The Morgan fingerprint density at radius 2 is 1.07 bits per heavy atom. The van der Waals surface area contributed by atoms with Gasteiger partial charge in [-0.2, -0.15) is 5.26 Å². The molecule has 0 saturated carbocycles. The molecule has 0 aromatic heterocycles. The second-order valence-electron chi connectivity index (χ2n) is 16.4. The van der Waals surface area contributed by atoms with Crippen LogP contribution in [0.1, 0.15) is 91.2 Å². The summed E-state index contributed by atoms with van der Waals surface area (Å²) in [5.74, 6) is -8.03. The van der Waals surface area contributed by atoms with Gasteiger partial charge in [0.2, 0.25) is 0 Å². The summed E-state index contributed by atoms with van der Waals surface area (Å²) in [6, 6.07) is 4.21. The average Bonchev–Trinajstić information content (AvgIpc) is 3.76. The van der Waals surface area contributed by atoms with Gasteiger partial charge in [-0.3, -0.25) is 22.7 Å². The Morgan fingerprint density at radius 3 is 1.38 bits per heavy atom. The number of ether oxygens (including phenoxy) is 4. The molecule has 61 heavy (non-hydrogen) atoms. The van der Waals surface area contributed by atoms with Crippen LogP contribution in [0, 0.1) is 57.2 Å². The molecule has 21 heteroatoms. The minimum Gasteiger partial charge on any atom is -0.444 e. The number of hydrogen-bond donors (Lipinski definition) is 0. The Hall–Kier alpha value is -4.47. The summed E-state index contributed by atoms with van der Waals surface area (Å²) in [4.78, 5) is 26.7. The lowest BCUT2D eigenvalue weighted by atomic mass is 9.95. The number of halogens is 9. The quantitative estimate of drug-likeness (QED) is 0.165. The van der Waals surface area contributed by atoms with Gasteiger partial charge in [-0.05, 0) is 86.1 Å². The third-order valence-corrected chi connectivity index (χ3v) is 8.62. The van der Waals surface area contributed by atoms with Crippen LogP contribution in [0.25, 0.3) is 0 Å². The highest BCUT2D eigenvalue weighted by Crippen LogP contribution is 2.37. The summed E-state index contributed by atoms with van der Waals surface area (Å²) >= 11 is 0. The molecule has 2 aliphatic heterocycles. The second kappa shape index (κ2) is 25.5. The zero-order valence-electron chi connectivity index (χ0n) is 36.6. The zero-order valence-corrected chi connectivity index (χ0v) is 37.6. The molecule has 10 nitrogen and oxygen atoms in total. The van der Waals surface area contributed by atoms with Crippen molar-refractivity contribution in [1.29, 1.82) is 10.5 Å². The van der Waals surface area contributed by atoms with Gasteiger partial charge in [0.25, 0.3) is 0 Å². The maximum atomic E-state index is 14.0. The zero-order chi connectivity index (χ0) is 47.6. The van der Waals surface area contributed by atoms with Gasteiger partial charge in [-0.15, -0.1) is 0 Å². The number of carbonyl (C=O) groups excluding carboxylic acids is 2. The van der Waals surface area contributed by atoms with E-state index in [4.69, 9.17) is 24.2 Å². The summed E-state index contributed by atoms with van der Waals surface area (Å²) in [5, 5.41) is 17.4. The largest absolute Gasteiger partial charge is 0.762 e. The number of nitriles is 2. The molecule has 4 rings (SSSR count). The minimum absolute atomic E-state index is 0.00921. The van der Waals surface area contributed by atoms with E-state index < -0.39 is 104 Å². The first-order chi connectivity index (χ1) is 28.0. The maximum absolute atomic E-state index is 14.0. The van der Waals surface area contributed by atoms with Crippen LogP contribution in [0.3, 0.4) is 0 Å². The minimum atomic E-state index is -3.67. The molecule has 2 saturated heterocycles. The Labute approximate surface area is 354 Å². The number of hydrogen-bond acceptors (Lipinski definition) is 8. The van der Waals surface area contributed by atoms with Crippen molar-refractivity contribution in [2.24, 2.45) is 0 Å². The molecular weight excluding hydrogens is 842 g/mol. The molecule has 2 aromatic rings. The Kier molecular flexibility index (Phi) is 23.6. The van der Waals surface area contributed by atoms with Gasteiger partial charge < -0.3 is 18.9 Å². The monoisotopic (exact) mass is 898 g/mol. The fourth-order valence-electron chi connectivity index (χ4n) is 5.47. The fourth-order valence-corrected chi connectivity index (χ4v) is 5.47. The summed E-state index contributed by atoms with van der Waals surface area (Å²) in [5.41, 5.74) is -0.0187. The van der Waals surface area contributed by atoms with E-state index in [-0.39, 0.29) is 31.5 Å². The lowest BCUT2D eigenvalue weighted by Gasteiger charge is -2.27. The number of carbonyl (C=O) groups is 2. The van der Waals surface area contributed by atoms with E-state index in [0.29, 0.717) is 6.07 Å². The van der Waals surface area contributed by atoms with Gasteiger partial charge in [0.15, 0.2) is 31.3 Å². The Bertz CT molecular complexity index is 1800. The van der Waals surface area contributed by atoms with E-state index in [2.05, 4.69) is 5.69 Å². The molecule has 2 aromatic carbocycles. The maximum Gasteiger partial charge on any atom is 0.762 e. The summed E-state index contributed by atoms with van der Waals surface area (Å²) in [6.07, 6.45) is -1.87. The SMILES string of the molecule is CC(C)(C)OC(=O)N1C[C@@H](c2c(F)ccc(F)c2F)CC1C#N.CCOCC.COC1C[C@H](c2c(F)ccc(F)c2F)CN1C(=O)OC(C)(C)C.C[Si](C)(C)C#N.FB(F)F. The standard InChI is InChI=1S/C16H17F3N2O2.C16H20F3NO3.C4H9NSi.C4H10O.BF3/c1-16(2,3)23-15(22)21-8-9(6-10(21)7-20)13-11(17)4-5-12(18)14(13)19;1-16(2,3)23-15(21)20-8-9(7-12(20)22-4)13-10(17)5-6-11(18)14(13)19;1-6(2,3)4-5;1-3-5-4-2;2-1(3)4/h4-5,9-10H,6,8H2,1-3H3;5-6,9,12H,7-8H2,1-4H3;1-3H3;3-4H2,1-2H3;/t9-,10?;9-,12?;;;/m00.../s1. The molecule has 0 aliphatic carbocycles. The highest BCUT2D eigenvalue weighted by Gasteiger charge is 2.42. The van der Waals surface area contributed by atoms with Crippen molar-refractivity contribution in [3.63, 3.8) is 0 Å². The van der Waals surface area contributed by atoms with Crippen LogP contribution in [0.2, 0.25) is 19.6 Å². The summed E-state index contributed by atoms with van der Waals surface area (Å²) in [7, 11) is -3.60. The molecule has 2 amide bonds. The van der Waals surface area contributed by atoms with Crippen molar-refractivity contribution in [2.75, 3.05) is 33.4 Å². The molecule has 0 bridgehead atoms. The fraction of sp³-hybridized carbons (Fsp3) is 0.600. The molecule has 342 valence electrons. The Morgan fingerprint density at radius 1 is 0.721 bits per heavy atom. The summed E-state index contributed by atoms with van der Waals surface area (Å²) < 4.78 is 132. The third-order valence-electron chi connectivity index (χ3n) is 7.95. The number of amides is 2. The van der Waals surface area contributed by atoms with Crippen LogP contribution < -0.4 is 0 Å². The van der Waals surface area contributed by atoms with Gasteiger partial charge in [-0.1, -0.05) is 19.6 Å². The van der Waals surface area contributed by atoms with Crippen molar-refractivity contribution < 1.29 is 67.8 Å². The topological polar surface area (TPSA) is 125 Å². The van der Waals surface area contributed by atoms with E-state index in [1.807, 2.05) is 39.6 Å². The lowest BCUT2D eigenvalue weighted by molar-refractivity contribution is -0.0306.